The van der Waals surface area contributed by atoms with E-state index in [1.54, 1.807) is 29.8 Å². The second-order valence-electron chi connectivity index (χ2n) is 10.5. The van der Waals surface area contributed by atoms with Gasteiger partial charge in [-0.05, 0) is 65.5 Å². The molecule has 0 unspecified atom stereocenters. The van der Waals surface area contributed by atoms with Gasteiger partial charge in [0, 0.05) is 25.2 Å². The second kappa shape index (κ2) is 19.2. The molecule has 0 aromatic carbocycles. The van der Waals surface area contributed by atoms with E-state index in [4.69, 9.17) is 0 Å². The van der Waals surface area contributed by atoms with Crippen LogP contribution in [0.1, 0.15) is 87.0 Å². The number of nitrogens with one attached hydrogen (secondary N) is 1. The summed E-state index contributed by atoms with van der Waals surface area (Å²) in [5.41, 5.74) is 0.567. The molecule has 0 aromatic rings. The number of amides is 3. The predicted octanol–water partition coefficient (Wildman–Crippen LogP) is 3.44. The molecule has 2 heterocycles. The van der Waals surface area contributed by atoms with E-state index in [1.807, 2.05) is 13.8 Å². The lowest BCUT2D eigenvalue weighted by atomic mass is 9.99. The Labute approximate surface area is 220 Å². The lowest BCUT2D eigenvalue weighted by molar-refractivity contribution is -0.132. The summed E-state index contributed by atoms with van der Waals surface area (Å²) in [6.07, 6.45) is 9.54. The molecular formula is C28H54N4O4. The van der Waals surface area contributed by atoms with Gasteiger partial charge in [0.1, 0.15) is 0 Å². The summed E-state index contributed by atoms with van der Waals surface area (Å²) in [7, 11) is 1.67. The minimum atomic E-state index is -0.245. The van der Waals surface area contributed by atoms with Crippen molar-refractivity contribution in [3.63, 3.8) is 0 Å². The number of rotatable bonds is 9. The largest absolute Gasteiger partial charge is 0.394 e. The van der Waals surface area contributed by atoms with Gasteiger partial charge in [-0.2, -0.15) is 0 Å². The van der Waals surface area contributed by atoms with Crippen LogP contribution < -0.4 is 5.32 Å². The Bertz CT molecular complexity index is 660. The smallest absolute Gasteiger partial charge is 0.249 e. The van der Waals surface area contributed by atoms with Gasteiger partial charge in [-0.15, -0.1) is 0 Å². The van der Waals surface area contributed by atoms with Crippen molar-refractivity contribution in [3.8, 4) is 0 Å². The molecule has 0 saturated carbocycles. The van der Waals surface area contributed by atoms with Gasteiger partial charge in [-0.25, -0.2) is 0 Å². The monoisotopic (exact) mass is 510 g/mol. The number of piperidine rings is 1. The van der Waals surface area contributed by atoms with Crippen LogP contribution in [-0.4, -0.2) is 96.0 Å². The maximum Gasteiger partial charge on any atom is 0.249 e. The Balaban J connectivity index is 0.000000838. The maximum atomic E-state index is 12.6. The highest BCUT2D eigenvalue weighted by Crippen LogP contribution is 2.21. The van der Waals surface area contributed by atoms with Crippen LogP contribution in [0.2, 0.25) is 0 Å². The van der Waals surface area contributed by atoms with Crippen molar-refractivity contribution in [2.75, 3.05) is 39.8 Å². The summed E-state index contributed by atoms with van der Waals surface area (Å²) < 4.78 is 0. The van der Waals surface area contributed by atoms with Crippen LogP contribution in [0.15, 0.2) is 11.6 Å². The highest BCUT2D eigenvalue weighted by Gasteiger charge is 2.30. The van der Waals surface area contributed by atoms with Crippen molar-refractivity contribution < 1.29 is 19.5 Å². The Kier molecular flexibility index (Phi) is 18.2. The molecule has 2 rings (SSSR count). The second-order valence-corrected chi connectivity index (χ2v) is 10.5. The molecular weight excluding hydrogens is 456 g/mol. The fraction of sp³-hybridized carbons (Fsp3) is 0.821. The molecule has 2 atom stereocenters. The fourth-order valence-electron chi connectivity index (χ4n) is 4.45. The third-order valence-corrected chi connectivity index (χ3v) is 6.59. The quantitative estimate of drug-likeness (QED) is 0.366. The summed E-state index contributed by atoms with van der Waals surface area (Å²) >= 11 is 0. The van der Waals surface area contributed by atoms with E-state index < -0.39 is 0 Å². The molecule has 2 aliphatic rings. The van der Waals surface area contributed by atoms with Crippen LogP contribution in [0, 0.1) is 5.92 Å². The number of hydrogen-bond donors (Lipinski definition) is 2. The third kappa shape index (κ3) is 12.3. The summed E-state index contributed by atoms with van der Waals surface area (Å²) in [4.78, 5) is 40.9. The minimum absolute atomic E-state index is 0.0254. The SMILES string of the molecule is C/C(=C\[C@H](C(C)C)N(C)C(=O)CNC=O)C(=O)N1CCC[C@H]1CO.CC(C)N1CCCCC1.CCC. The van der Waals surface area contributed by atoms with Crippen molar-refractivity contribution in [1.82, 2.24) is 20.0 Å². The number of nitrogens with zero attached hydrogens (tertiary/aromatic N) is 3. The van der Waals surface area contributed by atoms with Crippen molar-refractivity contribution in [2.24, 2.45) is 5.92 Å². The Morgan fingerprint density at radius 1 is 1.06 bits per heavy atom. The molecule has 2 aliphatic heterocycles. The molecule has 2 saturated heterocycles. The first-order chi connectivity index (χ1) is 17.0. The average molecular weight is 511 g/mol. The van der Waals surface area contributed by atoms with Crippen molar-refractivity contribution in [1.29, 1.82) is 0 Å². The number of carbonyl (C=O) groups excluding carboxylic acids is 3. The van der Waals surface area contributed by atoms with Crippen molar-refractivity contribution in [3.05, 3.63) is 11.6 Å². The van der Waals surface area contributed by atoms with Gasteiger partial charge in [-0.1, -0.05) is 46.6 Å². The first-order valence-corrected chi connectivity index (χ1v) is 13.8. The molecule has 210 valence electrons. The normalized spacial score (nSPS) is 19.1. The van der Waals surface area contributed by atoms with Gasteiger partial charge >= 0.3 is 0 Å². The molecule has 8 heteroatoms. The van der Waals surface area contributed by atoms with Gasteiger partial charge < -0.3 is 25.1 Å². The van der Waals surface area contributed by atoms with Crippen molar-refractivity contribution in [2.45, 2.75) is 105 Å². The molecule has 3 amide bonds. The van der Waals surface area contributed by atoms with Gasteiger partial charge in [0.25, 0.3) is 0 Å². The van der Waals surface area contributed by atoms with E-state index >= 15 is 0 Å². The summed E-state index contributed by atoms with van der Waals surface area (Å²) in [6, 6.07) is 0.407. The number of hydrogen-bond acceptors (Lipinski definition) is 5. The predicted molar refractivity (Wildman–Crippen MR) is 148 cm³/mol. The molecule has 0 aromatic heterocycles. The summed E-state index contributed by atoms with van der Waals surface area (Å²) in [5.74, 6) is -0.194. The first-order valence-electron chi connectivity index (χ1n) is 13.8. The summed E-state index contributed by atoms with van der Waals surface area (Å²) in [6.45, 7) is 17.7. The van der Waals surface area contributed by atoms with Crippen LogP contribution >= 0.6 is 0 Å². The zero-order chi connectivity index (χ0) is 27.7. The van der Waals surface area contributed by atoms with E-state index in [2.05, 4.69) is 37.9 Å². The molecule has 0 spiro atoms. The highest BCUT2D eigenvalue weighted by molar-refractivity contribution is 5.93. The highest BCUT2D eigenvalue weighted by atomic mass is 16.3. The van der Waals surface area contributed by atoms with Crippen LogP contribution in [0.25, 0.3) is 0 Å². The van der Waals surface area contributed by atoms with E-state index in [0.29, 0.717) is 18.5 Å². The van der Waals surface area contributed by atoms with E-state index in [0.717, 1.165) is 18.9 Å². The molecule has 0 radical (unpaired) electrons. The van der Waals surface area contributed by atoms with Crippen LogP contribution in [-0.2, 0) is 14.4 Å². The van der Waals surface area contributed by atoms with E-state index in [-0.39, 0.29) is 43.0 Å². The summed E-state index contributed by atoms with van der Waals surface area (Å²) in [5, 5.41) is 11.7. The van der Waals surface area contributed by atoms with Gasteiger partial charge in [0.15, 0.2) is 0 Å². The fourth-order valence-corrected chi connectivity index (χ4v) is 4.45. The van der Waals surface area contributed by atoms with Crippen LogP contribution in [0.5, 0.6) is 0 Å². The van der Waals surface area contributed by atoms with E-state index in [9.17, 15) is 19.5 Å². The number of likely N-dealkylation sites (tertiary alicyclic amines) is 2. The maximum absolute atomic E-state index is 12.6. The molecule has 2 fully saturated rings. The zero-order valence-electron chi connectivity index (χ0n) is 24.3. The lowest BCUT2D eigenvalue weighted by Crippen LogP contribution is -2.44. The molecule has 0 bridgehead atoms. The first kappa shape index (κ1) is 34.1. The number of aliphatic hydroxyl groups excluding tert-OH is 1. The Morgan fingerprint density at radius 2 is 1.64 bits per heavy atom. The average Bonchev–Trinajstić information content (AvgIpc) is 3.35. The minimum Gasteiger partial charge on any atom is -0.394 e. The third-order valence-electron chi connectivity index (χ3n) is 6.59. The van der Waals surface area contributed by atoms with Gasteiger partial charge in [-0.3, -0.25) is 14.4 Å². The molecule has 8 nitrogen and oxygen atoms in total. The molecule has 0 aliphatic carbocycles. The standard InChI is InChI=1S/C17H29N3O4.C8H17N.C3H8/c1-12(2)15(19(4)16(23)9-18-11-22)8-13(3)17(24)20-7-5-6-14(20)10-21;1-8(2)9-6-4-3-5-7-9;1-3-2/h8,11-12,14-15,21H,5-7,9-10H2,1-4H3,(H,18,22);8H,3-7H2,1-2H3;3H2,1-2H3/b13-8+;;/t14-,15+;;/m0../s1. The molecule has 2 N–H and O–H groups in total. The van der Waals surface area contributed by atoms with Gasteiger partial charge in [0.05, 0.1) is 25.2 Å². The van der Waals surface area contributed by atoms with Gasteiger partial charge in [0.2, 0.25) is 18.2 Å². The lowest BCUT2D eigenvalue weighted by Gasteiger charge is -2.30. The number of likely N-dealkylation sites (N-methyl/N-ethyl adjacent to an activating group) is 1. The topological polar surface area (TPSA) is 93.2 Å². The zero-order valence-corrected chi connectivity index (χ0v) is 24.3. The number of aliphatic hydroxyl groups is 1. The van der Waals surface area contributed by atoms with Crippen molar-refractivity contribution >= 4 is 18.2 Å². The van der Waals surface area contributed by atoms with Crippen LogP contribution in [0.3, 0.4) is 0 Å². The van der Waals surface area contributed by atoms with E-state index in [1.165, 1.54) is 38.8 Å². The Morgan fingerprint density at radius 3 is 2.08 bits per heavy atom. The molecule has 36 heavy (non-hydrogen) atoms. The number of carbonyl (C=O) groups is 3. The van der Waals surface area contributed by atoms with Crippen LogP contribution in [0.4, 0.5) is 0 Å². The Hall–Kier alpha value is -1.93.